The standard InChI is InChI=1S/C21H19ClN2O5/c1-13(20(27)14-7-9-15(29-2)10-8-14)23(24-18(25)11-12-19(24)26)21(28)16-5-3-4-6-17(16)22/h3-10,13H,11-12H2,1-2H3/t13-/m1/s1. The lowest BCUT2D eigenvalue weighted by Crippen LogP contribution is -2.56. The molecule has 2 aromatic rings. The molecule has 8 heteroatoms. The van der Waals surface area contributed by atoms with Crippen LogP contribution < -0.4 is 4.74 Å². The van der Waals surface area contributed by atoms with E-state index >= 15 is 0 Å². The van der Waals surface area contributed by atoms with E-state index in [9.17, 15) is 19.2 Å². The van der Waals surface area contributed by atoms with E-state index in [1.807, 2.05) is 0 Å². The maximum Gasteiger partial charge on any atom is 0.275 e. The minimum absolute atomic E-state index is 0.0193. The first-order valence-corrected chi connectivity index (χ1v) is 9.35. The molecule has 1 fully saturated rings. The third kappa shape index (κ3) is 4.00. The third-order valence-corrected chi connectivity index (χ3v) is 5.00. The highest BCUT2D eigenvalue weighted by molar-refractivity contribution is 6.34. The molecule has 0 bridgehead atoms. The first-order valence-electron chi connectivity index (χ1n) is 8.97. The van der Waals surface area contributed by atoms with Gasteiger partial charge in [-0.2, -0.15) is 5.01 Å². The number of ketones is 1. The van der Waals surface area contributed by atoms with Crippen molar-refractivity contribution in [3.8, 4) is 5.75 Å². The van der Waals surface area contributed by atoms with Gasteiger partial charge in [-0.1, -0.05) is 23.7 Å². The number of ether oxygens (including phenoxy) is 1. The predicted octanol–water partition coefficient (Wildman–Crippen LogP) is 3.13. The van der Waals surface area contributed by atoms with Crippen molar-refractivity contribution in [3.05, 3.63) is 64.7 Å². The number of hydrazine groups is 1. The van der Waals surface area contributed by atoms with Crippen LogP contribution >= 0.6 is 11.6 Å². The summed E-state index contributed by atoms with van der Waals surface area (Å²) in [6.07, 6.45) is -0.0385. The molecule has 7 nitrogen and oxygen atoms in total. The second-order valence-electron chi connectivity index (χ2n) is 6.50. The summed E-state index contributed by atoms with van der Waals surface area (Å²) in [5.41, 5.74) is 0.408. The number of methoxy groups -OCH3 is 1. The molecule has 2 aromatic carbocycles. The van der Waals surface area contributed by atoms with Crippen molar-refractivity contribution in [2.75, 3.05) is 7.11 Å². The number of benzene rings is 2. The molecule has 0 spiro atoms. The summed E-state index contributed by atoms with van der Waals surface area (Å²) in [5.74, 6) is -1.63. The van der Waals surface area contributed by atoms with Gasteiger partial charge in [-0.25, -0.2) is 5.01 Å². The Morgan fingerprint density at radius 3 is 2.17 bits per heavy atom. The number of imide groups is 1. The van der Waals surface area contributed by atoms with E-state index in [4.69, 9.17) is 16.3 Å². The van der Waals surface area contributed by atoms with E-state index in [1.54, 1.807) is 36.4 Å². The van der Waals surface area contributed by atoms with Crippen LogP contribution in [-0.2, 0) is 9.59 Å². The molecule has 0 radical (unpaired) electrons. The summed E-state index contributed by atoms with van der Waals surface area (Å²) >= 11 is 6.14. The topological polar surface area (TPSA) is 84.0 Å². The number of halogens is 1. The summed E-state index contributed by atoms with van der Waals surface area (Å²) in [4.78, 5) is 51.0. The second-order valence-corrected chi connectivity index (χ2v) is 6.90. The van der Waals surface area contributed by atoms with Crippen molar-refractivity contribution in [1.29, 1.82) is 0 Å². The lowest BCUT2D eigenvalue weighted by atomic mass is 10.0. The molecule has 0 saturated carbocycles. The predicted molar refractivity (Wildman–Crippen MR) is 105 cm³/mol. The molecular formula is C21H19ClN2O5. The minimum atomic E-state index is -1.11. The zero-order valence-electron chi connectivity index (χ0n) is 15.9. The Bertz CT molecular complexity index is 957. The molecule has 29 heavy (non-hydrogen) atoms. The molecule has 3 rings (SSSR count). The maximum absolute atomic E-state index is 13.2. The van der Waals surface area contributed by atoms with Crippen molar-refractivity contribution < 1.29 is 23.9 Å². The van der Waals surface area contributed by atoms with Crippen molar-refractivity contribution in [2.24, 2.45) is 0 Å². The molecule has 0 aromatic heterocycles. The van der Waals surface area contributed by atoms with Crippen molar-refractivity contribution in [3.63, 3.8) is 0 Å². The van der Waals surface area contributed by atoms with Crippen LogP contribution in [0.15, 0.2) is 48.5 Å². The highest BCUT2D eigenvalue weighted by Gasteiger charge is 2.42. The van der Waals surface area contributed by atoms with Gasteiger partial charge in [-0.15, -0.1) is 0 Å². The number of hydrogen-bond donors (Lipinski definition) is 0. The number of carbonyl (C=O) groups is 4. The summed E-state index contributed by atoms with van der Waals surface area (Å²) in [6, 6.07) is 11.5. The summed E-state index contributed by atoms with van der Waals surface area (Å²) in [7, 11) is 1.51. The molecule has 0 unspecified atom stereocenters. The second kappa shape index (κ2) is 8.45. The summed E-state index contributed by atoms with van der Waals surface area (Å²) in [5, 5.41) is 1.83. The molecule has 1 aliphatic rings. The first-order chi connectivity index (χ1) is 13.8. The van der Waals surface area contributed by atoms with Crippen LogP contribution in [0.25, 0.3) is 0 Å². The fourth-order valence-corrected chi connectivity index (χ4v) is 3.33. The number of Topliss-reactive ketones (excluding diaryl/α,β-unsaturated/α-hetero) is 1. The first kappa shape index (κ1) is 20.5. The Hall–Kier alpha value is -3.19. The maximum atomic E-state index is 13.2. The van der Waals surface area contributed by atoms with Gasteiger partial charge in [0.2, 0.25) is 11.8 Å². The van der Waals surface area contributed by atoms with Crippen LogP contribution in [-0.4, -0.2) is 46.7 Å². The van der Waals surface area contributed by atoms with Crippen LogP contribution in [0.3, 0.4) is 0 Å². The SMILES string of the molecule is COc1ccc(C(=O)[C@@H](C)N(C(=O)c2ccccc2Cl)N2C(=O)CCC2=O)cc1. The van der Waals surface area contributed by atoms with Gasteiger partial charge in [-0.05, 0) is 43.3 Å². The molecule has 0 aliphatic carbocycles. The number of hydrogen-bond acceptors (Lipinski definition) is 5. The monoisotopic (exact) mass is 414 g/mol. The van der Waals surface area contributed by atoms with Gasteiger partial charge < -0.3 is 4.74 Å². The van der Waals surface area contributed by atoms with E-state index in [-0.39, 0.29) is 23.4 Å². The highest BCUT2D eigenvalue weighted by Crippen LogP contribution is 2.25. The van der Waals surface area contributed by atoms with Crippen LogP contribution in [0.2, 0.25) is 5.02 Å². The van der Waals surface area contributed by atoms with E-state index in [0.29, 0.717) is 11.3 Å². The van der Waals surface area contributed by atoms with Crippen molar-refractivity contribution in [2.45, 2.75) is 25.8 Å². The van der Waals surface area contributed by atoms with Gasteiger partial charge in [-0.3, -0.25) is 19.2 Å². The fourth-order valence-electron chi connectivity index (χ4n) is 3.11. The lowest BCUT2D eigenvalue weighted by Gasteiger charge is -2.34. The summed E-state index contributed by atoms with van der Waals surface area (Å²) < 4.78 is 5.09. The summed E-state index contributed by atoms with van der Waals surface area (Å²) in [6.45, 7) is 1.47. The molecule has 1 aliphatic heterocycles. The quantitative estimate of drug-likeness (QED) is 0.535. The van der Waals surface area contributed by atoms with E-state index in [0.717, 1.165) is 10.0 Å². The molecular weight excluding hydrogens is 396 g/mol. The average Bonchev–Trinajstić information content (AvgIpc) is 3.06. The fraction of sp³-hybridized carbons (Fsp3) is 0.238. The minimum Gasteiger partial charge on any atom is -0.497 e. The molecule has 150 valence electrons. The lowest BCUT2D eigenvalue weighted by molar-refractivity contribution is -0.154. The number of amides is 3. The highest BCUT2D eigenvalue weighted by atomic mass is 35.5. The Balaban J connectivity index is 2.01. The number of carbonyl (C=O) groups excluding carboxylic acids is 4. The third-order valence-electron chi connectivity index (χ3n) is 4.67. The average molecular weight is 415 g/mol. The number of rotatable bonds is 6. The van der Waals surface area contributed by atoms with Gasteiger partial charge in [0.15, 0.2) is 5.78 Å². The molecule has 1 saturated heterocycles. The number of nitrogens with zero attached hydrogens (tertiary/aromatic N) is 2. The molecule has 3 amide bonds. The largest absolute Gasteiger partial charge is 0.497 e. The van der Waals surface area contributed by atoms with E-state index < -0.39 is 29.5 Å². The van der Waals surface area contributed by atoms with E-state index in [2.05, 4.69) is 0 Å². The molecule has 1 atom stereocenters. The van der Waals surface area contributed by atoms with Crippen molar-refractivity contribution in [1.82, 2.24) is 10.0 Å². The van der Waals surface area contributed by atoms with Crippen LogP contribution in [0.5, 0.6) is 5.75 Å². The Labute approximate surface area is 172 Å². The normalized spacial score (nSPS) is 14.7. The van der Waals surface area contributed by atoms with Crippen LogP contribution in [0.4, 0.5) is 0 Å². The molecule has 1 heterocycles. The van der Waals surface area contributed by atoms with Gasteiger partial charge in [0.05, 0.1) is 17.7 Å². The van der Waals surface area contributed by atoms with E-state index in [1.165, 1.54) is 26.2 Å². The Kier molecular flexibility index (Phi) is 5.98. The van der Waals surface area contributed by atoms with Gasteiger partial charge in [0, 0.05) is 18.4 Å². The van der Waals surface area contributed by atoms with Gasteiger partial charge in [0.25, 0.3) is 5.91 Å². The van der Waals surface area contributed by atoms with Crippen molar-refractivity contribution >= 4 is 35.1 Å². The van der Waals surface area contributed by atoms with Crippen LogP contribution in [0.1, 0.15) is 40.5 Å². The van der Waals surface area contributed by atoms with Crippen LogP contribution in [0, 0.1) is 0 Å². The Morgan fingerprint density at radius 2 is 1.62 bits per heavy atom. The molecule has 0 N–H and O–H groups in total. The van der Waals surface area contributed by atoms with Gasteiger partial charge >= 0.3 is 0 Å². The zero-order chi connectivity index (χ0) is 21.1. The smallest absolute Gasteiger partial charge is 0.275 e. The Morgan fingerprint density at radius 1 is 1.03 bits per heavy atom. The van der Waals surface area contributed by atoms with Gasteiger partial charge in [0.1, 0.15) is 11.8 Å². The zero-order valence-corrected chi connectivity index (χ0v) is 16.7.